The summed E-state index contributed by atoms with van der Waals surface area (Å²) in [4.78, 5) is 0. The van der Waals surface area contributed by atoms with Crippen LogP contribution in [0.25, 0.3) is 0 Å². The van der Waals surface area contributed by atoms with Crippen molar-refractivity contribution in [2.45, 2.75) is 44.3 Å². The van der Waals surface area contributed by atoms with Gasteiger partial charge in [0.2, 0.25) is 0 Å². The van der Waals surface area contributed by atoms with Crippen molar-refractivity contribution in [2.75, 3.05) is 6.61 Å². The Morgan fingerprint density at radius 3 is 2.50 bits per heavy atom. The zero-order valence-electron chi connectivity index (χ0n) is 6.71. The molecule has 0 heterocycles. The highest BCUT2D eigenvalue weighted by molar-refractivity contribution is 7.81. The molecule has 1 N–H and O–H groups in total. The fraction of sp³-hybridized carbons (Fsp3) is 1.00. The van der Waals surface area contributed by atoms with Crippen molar-refractivity contribution in [2.24, 2.45) is 0 Å². The highest BCUT2D eigenvalue weighted by atomic mass is 32.1. The van der Waals surface area contributed by atoms with Crippen LogP contribution in [-0.4, -0.2) is 17.0 Å². The molecule has 1 atom stereocenters. The van der Waals surface area contributed by atoms with Gasteiger partial charge in [0.05, 0.1) is 6.61 Å². The second-order valence-corrected chi connectivity index (χ2v) is 3.42. The summed E-state index contributed by atoms with van der Waals surface area (Å²) in [6.07, 6.45) is 6.14. The van der Waals surface area contributed by atoms with Crippen molar-refractivity contribution in [1.82, 2.24) is 0 Å². The van der Waals surface area contributed by atoms with E-state index in [1.807, 2.05) is 0 Å². The van der Waals surface area contributed by atoms with E-state index in [0.29, 0.717) is 0 Å². The predicted molar refractivity (Wildman–Crippen MR) is 48.6 cm³/mol. The van der Waals surface area contributed by atoms with E-state index in [0.717, 1.165) is 6.42 Å². The summed E-state index contributed by atoms with van der Waals surface area (Å²) in [7, 11) is 0. The molecular weight excluding hydrogens is 144 g/mol. The van der Waals surface area contributed by atoms with E-state index in [2.05, 4.69) is 19.6 Å². The first-order valence-electron chi connectivity index (χ1n) is 4.10. The summed E-state index contributed by atoms with van der Waals surface area (Å²) in [6, 6.07) is 0. The maximum absolute atomic E-state index is 8.61. The Balaban J connectivity index is 2.89. The zero-order valence-corrected chi connectivity index (χ0v) is 7.61. The molecule has 0 amide bonds. The lowest BCUT2D eigenvalue weighted by molar-refractivity contribution is 0.289. The number of unbranched alkanes of at least 4 members (excludes halogenated alkanes) is 3. The van der Waals surface area contributed by atoms with Gasteiger partial charge < -0.3 is 5.11 Å². The van der Waals surface area contributed by atoms with Crippen molar-refractivity contribution >= 4 is 12.6 Å². The molecule has 0 aromatic rings. The first-order valence-corrected chi connectivity index (χ1v) is 4.61. The molecule has 1 unspecified atom stereocenters. The number of thiol groups is 1. The molecule has 0 aliphatic heterocycles. The smallest absolute Gasteiger partial charge is 0.0547 e. The third kappa shape index (κ3) is 6.43. The first kappa shape index (κ1) is 10.3. The molecule has 1 nitrogen and oxygen atoms in total. The lowest BCUT2D eigenvalue weighted by Crippen LogP contribution is -2.03. The molecule has 0 aliphatic rings. The van der Waals surface area contributed by atoms with Crippen molar-refractivity contribution in [3.05, 3.63) is 0 Å². The fourth-order valence-electron chi connectivity index (χ4n) is 0.898. The molecule has 0 spiro atoms. The Bertz CT molecular complexity index is 66.3. The van der Waals surface area contributed by atoms with Gasteiger partial charge in [0.25, 0.3) is 0 Å². The highest BCUT2D eigenvalue weighted by Gasteiger charge is 1.98. The molecule has 0 aromatic heterocycles. The molecule has 10 heavy (non-hydrogen) atoms. The molecular formula is C8H18OS. The zero-order chi connectivity index (χ0) is 7.82. The summed E-state index contributed by atoms with van der Waals surface area (Å²) >= 11 is 4.18. The Morgan fingerprint density at radius 2 is 2.00 bits per heavy atom. The topological polar surface area (TPSA) is 20.2 Å². The van der Waals surface area contributed by atoms with Gasteiger partial charge in [0.1, 0.15) is 0 Å². The van der Waals surface area contributed by atoms with Crippen LogP contribution in [0.1, 0.15) is 39.0 Å². The standard InChI is InChI=1S/C8H18OS/c1-2-3-4-5-6-8(10)7-9/h8-10H,2-7H2,1H3. The minimum absolute atomic E-state index is 0.205. The second-order valence-electron chi connectivity index (χ2n) is 2.69. The van der Waals surface area contributed by atoms with E-state index in [1.165, 1.54) is 25.7 Å². The van der Waals surface area contributed by atoms with Gasteiger partial charge in [0.15, 0.2) is 0 Å². The van der Waals surface area contributed by atoms with Gasteiger partial charge in [-0.1, -0.05) is 32.6 Å². The van der Waals surface area contributed by atoms with Crippen LogP contribution in [0.5, 0.6) is 0 Å². The number of hydrogen-bond acceptors (Lipinski definition) is 2. The highest BCUT2D eigenvalue weighted by Crippen LogP contribution is 2.08. The fourth-order valence-corrected chi connectivity index (χ4v) is 1.08. The SMILES string of the molecule is CCCCCCC(S)CO. The van der Waals surface area contributed by atoms with Gasteiger partial charge in [-0.2, -0.15) is 12.6 Å². The molecule has 0 aliphatic carbocycles. The number of aliphatic hydroxyl groups excluding tert-OH is 1. The summed E-state index contributed by atoms with van der Waals surface area (Å²) in [5, 5.41) is 8.82. The van der Waals surface area contributed by atoms with Crippen molar-refractivity contribution in [3.63, 3.8) is 0 Å². The lowest BCUT2D eigenvalue weighted by Gasteiger charge is -2.04. The van der Waals surface area contributed by atoms with Crippen molar-refractivity contribution in [3.8, 4) is 0 Å². The van der Waals surface area contributed by atoms with E-state index in [9.17, 15) is 0 Å². The Morgan fingerprint density at radius 1 is 1.30 bits per heavy atom. The van der Waals surface area contributed by atoms with Gasteiger partial charge in [0, 0.05) is 5.25 Å². The summed E-state index contributed by atoms with van der Waals surface area (Å²) < 4.78 is 0. The Kier molecular flexibility index (Phi) is 7.65. The van der Waals surface area contributed by atoms with Crippen LogP contribution >= 0.6 is 12.6 Å². The van der Waals surface area contributed by atoms with E-state index < -0.39 is 0 Å². The Labute approximate surface area is 69.2 Å². The van der Waals surface area contributed by atoms with Gasteiger partial charge in [-0.25, -0.2) is 0 Å². The molecule has 0 rings (SSSR count). The molecule has 2 heteroatoms. The minimum atomic E-state index is 0.205. The third-order valence-corrected chi connectivity index (χ3v) is 2.02. The lowest BCUT2D eigenvalue weighted by atomic mass is 10.1. The molecule has 0 saturated carbocycles. The largest absolute Gasteiger partial charge is 0.395 e. The molecule has 0 saturated heterocycles. The number of hydrogen-bond donors (Lipinski definition) is 2. The van der Waals surface area contributed by atoms with E-state index in [4.69, 9.17) is 5.11 Å². The maximum Gasteiger partial charge on any atom is 0.0547 e. The van der Waals surface area contributed by atoms with E-state index >= 15 is 0 Å². The molecule has 0 fully saturated rings. The second kappa shape index (κ2) is 7.42. The minimum Gasteiger partial charge on any atom is -0.395 e. The molecule has 0 aromatic carbocycles. The van der Waals surface area contributed by atoms with Crippen LogP contribution in [0.2, 0.25) is 0 Å². The van der Waals surface area contributed by atoms with Gasteiger partial charge in [-0.3, -0.25) is 0 Å². The van der Waals surface area contributed by atoms with Gasteiger partial charge in [-0.15, -0.1) is 0 Å². The van der Waals surface area contributed by atoms with Crippen LogP contribution in [0.4, 0.5) is 0 Å². The quantitative estimate of drug-likeness (QED) is 0.453. The molecule has 62 valence electrons. The average Bonchev–Trinajstić information content (AvgIpc) is 1.98. The van der Waals surface area contributed by atoms with Crippen molar-refractivity contribution < 1.29 is 5.11 Å². The van der Waals surface area contributed by atoms with E-state index in [-0.39, 0.29) is 11.9 Å². The predicted octanol–water partition coefficient (Wildman–Crippen LogP) is 2.25. The summed E-state index contributed by atoms with van der Waals surface area (Å²) in [5.74, 6) is 0. The van der Waals surface area contributed by atoms with Crippen LogP contribution in [0, 0.1) is 0 Å². The third-order valence-electron chi connectivity index (χ3n) is 1.60. The normalized spacial score (nSPS) is 13.5. The summed E-state index contributed by atoms with van der Waals surface area (Å²) in [5.41, 5.74) is 0. The number of rotatable bonds is 6. The molecule has 0 radical (unpaired) electrons. The van der Waals surface area contributed by atoms with Crippen LogP contribution in [-0.2, 0) is 0 Å². The average molecular weight is 162 g/mol. The number of aliphatic hydroxyl groups is 1. The monoisotopic (exact) mass is 162 g/mol. The van der Waals surface area contributed by atoms with E-state index in [1.54, 1.807) is 0 Å². The van der Waals surface area contributed by atoms with Crippen molar-refractivity contribution in [1.29, 1.82) is 0 Å². The Hall–Kier alpha value is 0.310. The summed E-state index contributed by atoms with van der Waals surface area (Å²) in [6.45, 7) is 2.42. The first-order chi connectivity index (χ1) is 4.81. The van der Waals surface area contributed by atoms with Crippen LogP contribution in [0.3, 0.4) is 0 Å². The van der Waals surface area contributed by atoms with Gasteiger partial charge >= 0.3 is 0 Å². The van der Waals surface area contributed by atoms with Crippen LogP contribution < -0.4 is 0 Å². The maximum atomic E-state index is 8.61. The van der Waals surface area contributed by atoms with Crippen LogP contribution in [0.15, 0.2) is 0 Å². The van der Waals surface area contributed by atoms with Gasteiger partial charge in [-0.05, 0) is 6.42 Å². The molecule has 0 bridgehead atoms.